The largest absolute Gasteiger partial charge is 0.486 e. The van der Waals surface area contributed by atoms with E-state index in [2.05, 4.69) is 0 Å². The third-order valence-corrected chi connectivity index (χ3v) is 3.86. The second-order valence-electron chi connectivity index (χ2n) is 5.73. The summed E-state index contributed by atoms with van der Waals surface area (Å²) in [6.45, 7) is 4.92. The van der Waals surface area contributed by atoms with Crippen molar-refractivity contribution in [2.24, 2.45) is 0 Å². The molecule has 0 unspecified atom stereocenters. The van der Waals surface area contributed by atoms with Crippen molar-refractivity contribution in [2.75, 3.05) is 13.1 Å². The molecular weight excluding hydrogens is 281 g/mol. The number of nitrogens with zero attached hydrogens (tertiary/aromatic N) is 1. The second kappa shape index (κ2) is 5.79. The van der Waals surface area contributed by atoms with Crippen LogP contribution in [0.15, 0.2) is 42.5 Å². The summed E-state index contributed by atoms with van der Waals surface area (Å²) in [4.78, 5) is 14.0. The molecule has 2 aromatic rings. The topological polar surface area (TPSA) is 29.5 Å². The highest BCUT2D eigenvalue weighted by Gasteiger charge is 2.33. The predicted molar refractivity (Wildman–Crippen MR) is 82.6 cm³/mol. The third-order valence-electron chi connectivity index (χ3n) is 3.86. The lowest BCUT2D eigenvalue weighted by atomic mass is 10.1. The molecule has 1 fully saturated rings. The summed E-state index contributed by atoms with van der Waals surface area (Å²) in [7, 11) is 0. The zero-order valence-corrected chi connectivity index (χ0v) is 12.7. The molecule has 0 spiro atoms. The maximum atomic E-state index is 13.1. The minimum absolute atomic E-state index is 0.0238. The van der Waals surface area contributed by atoms with Gasteiger partial charge in [-0.3, -0.25) is 4.79 Å². The van der Waals surface area contributed by atoms with Gasteiger partial charge in [-0.05, 0) is 49.7 Å². The molecule has 0 radical (unpaired) electrons. The Labute approximate surface area is 129 Å². The average molecular weight is 299 g/mol. The number of benzene rings is 2. The van der Waals surface area contributed by atoms with E-state index in [1.807, 2.05) is 38.1 Å². The van der Waals surface area contributed by atoms with Crippen LogP contribution >= 0.6 is 0 Å². The van der Waals surface area contributed by atoms with Crippen LogP contribution < -0.4 is 4.74 Å². The maximum absolute atomic E-state index is 13.1. The van der Waals surface area contributed by atoms with E-state index >= 15 is 0 Å². The van der Waals surface area contributed by atoms with Gasteiger partial charge < -0.3 is 9.64 Å². The SMILES string of the molecule is Cc1ccc(C(=O)N2CC(Oc3ccc(F)cc3C)C2)cc1. The van der Waals surface area contributed by atoms with Gasteiger partial charge in [0.2, 0.25) is 0 Å². The van der Waals surface area contributed by atoms with Crippen LogP contribution in [-0.2, 0) is 0 Å². The number of carbonyl (C=O) groups excluding carboxylic acids is 1. The van der Waals surface area contributed by atoms with Crippen molar-refractivity contribution in [1.29, 1.82) is 0 Å². The van der Waals surface area contributed by atoms with E-state index in [1.54, 1.807) is 11.0 Å². The Bertz CT molecular complexity index is 691. The van der Waals surface area contributed by atoms with Crippen LogP contribution in [0.25, 0.3) is 0 Å². The summed E-state index contributed by atoms with van der Waals surface area (Å²) in [5.74, 6) is 0.430. The number of hydrogen-bond acceptors (Lipinski definition) is 2. The monoisotopic (exact) mass is 299 g/mol. The lowest BCUT2D eigenvalue weighted by molar-refractivity contribution is 0.0175. The fourth-order valence-electron chi connectivity index (χ4n) is 2.48. The molecule has 1 saturated heterocycles. The fourth-order valence-corrected chi connectivity index (χ4v) is 2.48. The highest BCUT2D eigenvalue weighted by Crippen LogP contribution is 2.23. The van der Waals surface area contributed by atoms with Crippen LogP contribution in [0.4, 0.5) is 4.39 Å². The number of likely N-dealkylation sites (tertiary alicyclic amines) is 1. The molecule has 0 aromatic heterocycles. The minimum Gasteiger partial charge on any atom is -0.486 e. The summed E-state index contributed by atoms with van der Waals surface area (Å²) in [5.41, 5.74) is 2.60. The molecule has 0 aliphatic carbocycles. The van der Waals surface area contributed by atoms with Gasteiger partial charge in [0.25, 0.3) is 5.91 Å². The Morgan fingerprint density at radius 2 is 1.82 bits per heavy atom. The van der Waals surface area contributed by atoms with Crippen molar-refractivity contribution >= 4 is 5.91 Å². The minimum atomic E-state index is -0.269. The normalized spacial score (nSPS) is 14.6. The molecular formula is C18H18FNO2. The van der Waals surface area contributed by atoms with Crippen molar-refractivity contribution in [3.63, 3.8) is 0 Å². The molecule has 1 aliphatic rings. The van der Waals surface area contributed by atoms with Crippen LogP contribution in [-0.4, -0.2) is 30.0 Å². The molecule has 1 heterocycles. The van der Waals surface area contributed by atoms with Gasteiger partial charge in [-0.15, -0.1) is 0 Å². The second-order valence-corrected chi connectivity index (χ2v) is 5.73. The quantitative estimate of drug-likeness (QED) is 0.870. The Balaban J connectivity index is 1.57. The highest BCUT2D eigenvalue weighted by molar-refractivity contribution is 5.94. The number of rotatable bonds is 3. The number of ether oxygens (including phenoxy) is 1. The Morgan fingerprint density at radius 1 is 1.14 bits per heavy atom. The van der Waals surface area contributed by atoms with E-state index in [0.717, 1.165) is 11.1 Å². The molecule has 22 heavy (non-hydrogen) atoms. The lowest BCUT2D eigenvalue weighted by Gasteiger charge is -2.39. The molecule has 3 rings (SSSR count). The fraction of sp³-hybridized carbons (Fsp3) is 0.278. The van der Waals surface area contributed by atoms with Crippen LogP contribution in [0.1, 0.15) is 21.5 Å². The molecule has 1 amide bonds. The summed E-state index contributed by atoms with van der Waals surface area (Å²) >= 11 is 0. The first-order valence-corrected chi connectivity index (χ1v) is 7.31. The number of amides is 1. The standard InChI is InChI=1S/C18H18FNO2/c1-12-3-5-14(6-4-12)18(21)20-10-16(11-20)22-17-8-7-15(19)9-13(17)2/h3-9,16H,10-11H2,1-2H3. The van der Waals surface area contributed by atoms with Crippen LogP contribution in [0.5, 0.6) is 5.75 Å². The maximum Gasteiger partial charge on any atom is 0.254 e. The van der Waals surface area contributed by atoms with Crippen LogP contribution in [0.3, 0.4) is 0 Å². The first-order valence-electron chi connectivity index (χ1n) is 7.31. The third kappa shape index (κ3) is 2.96. The van der Waals surface area contributed by atoms with Crippen molar-refractivity contribution in [3.8, 4) is 5.75 Å². The van der Waals surface area contributed by atoms with E-state index < -0.39 is 0 Å². The molecule has 4 heteroatoms. The lowest BCUT2D eigenvalue weighted by Crippen LogP contribution is -2.56. The summed E-state index contributed by atoms with van der Waals surface area (Å²) in [6.07, 6.45) is -0.0291. The van der Waals surface area contributed by atoms with Gasteiger partial charge in [0.05, 0.1) is 13.1 Å². The zero-order valence-electron chi connectivity index (χ0n) is 12.7. The first-order chi connectivity index (χ1) is 10.5. The zero-order chi connectivity index (χ0) is 15.7. The summed E-state index contributed by atoms with van der Waals surface area (Å²) in [5, 5.41) is 0. The number of halogens is 1. The number of carbonyl (C=O) groups is 1. The van der Waals surface area contributed by atoms with Gasteiger partial charge >= 0.3 is 0 Å². The smallest absolute Gasteiger partial charge is 0.254 e. The Hall–Kier alpha value is -2.36. The molecule has 2 aromatic carbocycles. The first kappa shape index (κ1) is 14.6. The van der Waals surface area contributed by atoms with Crippen molar-refractivity contribution < 1.29 is 13.9 Å². The summed E-state index contributed by atoms with van der Waals surface area (Å²) < 4.78 is 18.9. The molecule has 0 atom stereocenters. The Kier molecular flexibility index (Phi) is 3.84. The molecule has 3 nitrogen and oxygen atoms in total. The number of hydrogen-bond donors (Lipinski definition) is 0. The van der Waals surface area contributed by atoms with E-state index in [1.165, 1.54) is 12.1 Å². The molecule has 114 valence electrons. The van der Waals surface area contributed by atoms with Gasteiger partial charge in [-0.1, -0.05) is 17.7 Å². The van der Waals surface area contributed by atoms with Gasteiger partial charge in [0, 0.05) is 5.56 Å². The van der Waals surface area contributed by atoms with E-state index in [4.69, 9.17) is 4.74 Å². The molecule has 0 bridgehead atoms. The van der Waals surface area contributed by atoms with Crippen LogP contribution in [0.2, 0.25) is 0 Å². The highest BCUT2D eigenvalue weighted by atomic mass is 19.1. The summed E-state index contributed by atoms with van der Waals surface area (Å²) in [6, 6.07) is 12.0. The molecule has 1 aliphatic heterocycles. The molecule has 0 N–H and O–H groups in total. The van der Waals surface area contributed by atoms with Gasteiger partial charge in [0.1, 0.15) is 17.7 Å². The van der Waals surface area contributed by atoms with E-state index in [-0.39, 0.29) is 17.8 Å². The van der Waals surface area contributed by atoms with Crippen molar-refractivity contribution in [1.82, 2.24) is 4.90 Å². The number of aryl methyl sites for hydroxylation is 2. The van der Waals surface area contributed by atoms with Crippen LogP contribution in [0, 0.1) is 19.7 Å². The molecule has 0 saturated carbocycles. The van der Waals surface area contributed by atoms with Crippen molar-refractivity contribution in [2.45, 2.75) is 20.0 Å². The van der Waals surface area contributed by atoms with E-state index in [9.17, 15) is 9.18 Å². The van der Waals surface area contributed by atoms with Crippen molar-refractivity contribution in [3.05, 3.63) is 65.0 Å². The van der Waals surface area contributed by atoms with Gasteiger partial charge in [-0.2, -0.15) is 0 Å². The average Bonchev–Trinajstić information content (AvgIpc) is 2.44. The van der Waals surface area contributed by atoms with E-state index in [0.29, 0.717) is 24.4 Å². The van der Waals surface area contributed by atoms with Gasteiger partial charge in [-0.25, -0.2) is 4.39 Å². The predicted octanol–water partition coefficient (Wildman–Crippen LogP) is 3.35. The van der Waals surface area contributed by atoms with Gasteiger partial charge in [0.15, 0.2) is 0 Å². The Morgan fingerprint density at radius 3 is 2.45 bits per heavy atom.